The molecule has 2 unspecified atom stereocenters. The molecule has 0 heteroatoms. The number of hydrogen-bond donors (Lipinski definition) is 0. The van der Waals surface area contributed by atoms with Crippen molar-refractivity contribution in [3.63, 3.8) is 0 Å². The van der Waals surface area contributed by atoms with Crippen molar-refractivity contribution in [3.8, 4) is 0 Å². The van der Waals surface area contributed by atoms with Gasteiger partial charge in [0.2, 0.25) is 0 Å². The van der Waals surface area contributed by atoms with Gasteiger partial charge < -0.3 is 0 Å². The van der Waals surface area contributed by atoms with Gasteiger partial charge in [-0.15, -0.1) is 0 Å². The first-order valence-electron chi connectivity index (χ1n) is 5.31. The first-order chi connectivity index (χ1) is 6.27. The minimum atomic E-state index is 0.722. The van der Waals surface area contributed by atoms with Crippen LogP contribution in [0.4, 0.5) is 0 Å². The molecule has 0 fully saturated rings. The lowest BCUT2D eigenvalue weighted by Crippen LogP contribution is -2.16. The zero-order valence-electron chi connectivity index (χ0n) is 8.53. The first kappa shape index (κ1) is 8.80. The largest absolute Gasteiger partial charge is 0.0842 e. The Hall–Kier alpha value is -0.780. The molecule has 2 aliphatic carbocycles. The topological polar surface area (TPSA) is 0 Å². The molecule has 0 saturated carbocycles. The van der Waals surface area contributed by atoms with E-state index in [0.29, 0.717) is 0 Å². The second-order valence-electron chi connectivity index (χ2n) is 4.51. The summed E-state index contributed by atoms with van der Waals surface area (Å²) >= 11 is 0. The molecule has 2 rings (SSSR count). The van der Waals surface area contributed by atoms with Crippen LogP contribution in [0.25, 0.3) is 0 Å². The van der Waals surface area contributed by atoms with Crippen LogP contribution < -0.4 is 0 Å². The SMILES string of the molecule is CC(C)C1C=CC2CC=CC=C2C1. The number of hydrogen-bond acceptors (Lipinski definition) is 0. The normalized spacial score (nSPS) is 31.8. The average molecular weight is 174 g/mol. The monoisotopic (exact) mass is 174 g/mol. The molecule has 2 atom stereocenters. The Morgan fingerprint density at radius 3 is 2.92 bits per heavy atom. The Morgan fingerprint density at radius 2 is 2.15 bits per heavy atom. The van der Waals surface area contributed by atoms with Crippen LogP contribution in [-0.2, 0) is 0 Å². The molecule has 0 nitrogen and oxygen atoms in total. The molecular formula is C13H18. The zero-order chi connectivity index (χ0) is 9.26. The summed E-state index contributed by atoms with van der Waals surface area (Å²) < 4.78 is 0. The van der Waals surface area contributed by atoms with Crippen LogP contribution in [0.15, 0.2) is 36.0 Å². The number of allylic oxidation sites excluding steroid dienone is 6. The van der Waals surface area contributed by atoms with Gasteiger partial charge in [0.1, 0.15) is 0 Å². The summed E-state index contributed by atoms with van der Waals surface area (Å²) in [7, 11) is 0. The van der Waals surface area contributed by atoms with E-state index in [0.717, 1.165) is 17.8 Å². The van der Waals surface area contributed by atoms with Gasteiger partial charge in [0, 0.05) is 5.92 Å². The lowest BCUT2D eigenvalue weighted by Gasteiger charge is -2.29. The van der Waals surface area contributed by atoms with Crippen LogP contribution in [-0.4, -0.2) is 0 Å². The van der Waals surface area contributed by atoms with Crippen molar-refractivity contribution < 1.29 is 0 Å². The minimum absolute atomic E-state index is 0.722. The first-order valence-corrected chi connectivity index (χ1v) is 5.31. The Balaban J connectivity index is 2.16. The molecule has 0 saturated heterocycles. The fourth-order valence-electron chi connectivity index (χ4n) is 2.19. The van der Waals surface area contributed by atoms with E-state index in [2.05, 4.69) is 44.2 Å². The van der Waals surface area contributed by atoms with Crippen LogP contribution in [0.2, 0.25) is 0 Å². The Morgan fingerprint density at radius 1 is 1.31 bits per heavy atom. The summed E-state index contributed by atoms with van der Waals surface area (Å²) in [6.45, 7) is 4.63. The average Bonchev–Trinajstić information content (AvgIpc) is 2.17. The van der Waals surface area contributed by atoms with Crippen molar-refractivity contribution in [2.24, 2.45) is 17.8 Å². The molecule has 0 aromatic carbocycles. The molecule has 0 amide bonds. The molecule has 0 bridgehead atoms. The zero-order valence-corrected chi connectivity index (χ0v) is 8.53. The summed E-state index contributed by atoms with van der Waals surface area (Å²) in [5.74, 6) is 2.28. The summed E-state index contributed by atoms with van der Waals surface area (Å²) in [5, 5.41) is 0. The van der Waals surface area contributed by atoms with Crippen molar-refractivity contribution in [1.29, 1.82) is 0 Å². The molecule has 0 spiro atoms. The molecule has 13 heavy (non-hydrogen) atoms. The van der Waals surface area contributed by atoms with Gasteiger partial charge in [-0.1, -0.05) is 49.8 Å². The van der Waals surface area contributed by atoms with E-state index in [1.165, 1.54) is 12.8 Å². The molecule has 0 aromatic rings. The molecule has 0 heterocycles. The summed E-state index contributed by atoms with van der Waals surface area (Å²) in [6, 6.07) is 0. The maximum Gasteiger partial charge on any atom is 0.00148 e. The quantitative estimate of drug-likeness (QED) is 0.531. The number of fused-ring (bicyclic) bond motifs is 1. The third kappa shape index (κ3) is 1.77. The Kier molecular flexibility index (Phi) is 2.39. The number of rotatable bonds is 1. The van der Waals surface area contributed by atoms with Crippen LogP contribution in [0.1, 0.15) is 26.7 Å². The van der Waals surface area contributed by atoms with Gasteiger partial charge >= 0.3 is 0 Å². The van der Waals surface area contributed by atoms with Gasteiger partial charge in [-0.25, -0.2) is 0 Å². The van der Waals surface area contributed by atoms with Crippen molar-refractivity contribution in [1.82, 2.24) is 0 Å². The Bertz CT molecular complexity index is 266. The van der Waals surface area contributed by atoms with E-state index in [1.54, 1.807) is 5.57 Å². The fraction of sp³-hybridized carbons (Fsp3) is 0.538. The van der Waals surface area contributed by atoms with Gasteiger partial charge in [0.05, 0.1) is 0 Å². The van der Waals surface area contributed by atoms with Crippen molar-refractivity contribution in [3.05, 3.63) is 36.0 Å². The maximum atomic E-state index is 2.42. The van der Waals surface area contributed by atoms with Crippen molar-refractivity contribution in [2.75, 3.05) is 0 Å². The van der Waals surface area contributed by atoms with Gasteiger partial charge in [0.15, 0.2) is 0 Å². The molecule has 2 aliphatic rings. The fourth-order valence-corrected chi connectivity index (χ4v) is 2.19. The van der Waals surface area contributed by atoms with Crippen molar-refractivity contribution >= 4 is 0 Å². The van der Waals surface area contributed by atoms with E-state index in [4.69, 9.17) is 0 Å². The van der Waals surface area contributed by atoms with E-state index >= 15 is 0 Å². The van der Waals surface area contributed by atoms with Crippen LogP contribution in [0, 0.1) is 17.8 Å². The lowest BCUT2D eigenvalue weighted by atomic mass is 9.76. The smallest absolute Gasteiger partial charge is 0.00148 e. The summed E-state index contributed by atoms with van der Waals surface area (Å²) in [4.78, 5) is 0. The summed E-state index contributed by atoms with van der Waals surface area (Å²) in [5.41, 5.74) is 1.64. The lowest BCUT2D eigenvalue weighted by molar-refractivity contribution is 0.431. The van der Waals surface area contributed by atoms with Crippen LogP contribution in [0.5, 0.6) is 0 Å². The standard InChI is InChI=1S/C13H18/c1-10(2)12-8-7-11-5-3-4-6-13(11)9-12/h3-4,6-8,10-12H,5,9H2,1-2H3. The van der Waals surface area contributed by atoms with E-state index in [9.17, 15) is 0 Å². The molecule has 0 N–H and O–H groups in total. The third-order valence-electron chi connectivity index (χ3n) is 3.23. The van der Waals surface area contributed by atoms with Crippen molar-refractivity contribution in [2.45, 2.75) is 26.7 Å². The molecule has 0 aliphatic heterocycles. The van der Waals surface area contributed by atoms with E-state index in [1.807, 2.05) is 0 Å². The highest BCUT2D eigenvalue weighted by Gasteiger charge is 2.22. The second kappa shape index (κ2) is 3.53. The van der Waals surface area contributed by atoms with Gasteiger partial charge in [-0.3, -0.25) is 0 Å². The van der Waals surface area contributed by atoms with E-state index < -0.39 is 0 Å². The molecule has 0 aromatic heterocycles. The highest BCUT2D eigenvalue weighted by atomic mass is 14.3. The highest BCUT2D eigenvalue weighted by Crippen LogP contribution is 2.35. The third-order valence-corrected chi connectivity index (χ3v) is 3.23. The molecular weight excluding hydrogens is 156 g/mol. The van der Waals surface area contributed by atoms with Gasteiger partial charge in [-0.2, -0.15) is 0 Å². The predicted molar refractivity (Wildman–Crippen MR) is 57.4 cm³/mol. The van der Waals surface area contributed by atoms with Gasteiger partial charge in [0.25, 0.3) is 0 Å². The van der Waals surface area contributed by atoms with Gasteiger partial charge in [-0.05, 0) is 24.7 Å². The summed E-state index contributed by atoms with van der Waals surface area (Å²) in [6.07, 6.45) is 14.1. The molecule has 70 valence electrons. The Labute approximate surface area is 81.0 Å². The van der Waals surface area contributed by atoms with Crippen LogP contribution >= 0.6 is 0 Å². The highest BCUT2D eigenvalue weighted by molar-refractivity contribution is 5.28. The van der Waals surface area contributed by atoms with Crippen LogP contribution in [0.3, 0.4) is 0 Å². The molecule has 0 radical (unpaired) electrons. The maximum absolute atomic E-state index is 2.42. The van der Waals surface area contributed by atoms with E-state index in [-0.39, 0.29) is 0 Å². The second-order valence-corrected chi connectivity index (χ2v) is 4.51. The minimum Gasteiger partial charge on any atom is -0.0842 e. The predicted octanol–water partition coefficient (Wildman–Crippen LogP) is 3.72.